The Kier molecular flexibility index (Phi) is 4.26. The molecule has 0 unspecified atom stereocenters. The first-order chi connectivity index (χ1) is 16.1. The lowest BCUT2D eigenvalue weighted by Gasteiger charge is -2.02. The predicted octanol–water partition coefficient (Wildman–Crippen LogP) is 5.68. The molecule has 2 N–H and O–H groups in total. The quantitative estimate of drug-likeness (QED) is 0.277. The Morgan fingerprint density at radius 3 is 1.94 bits per heavy atom. The minimum Gasteiger partial charge on any atom is -0.355 e. The molecule has 5 heterocycles. The second kappa shape index (κ2) is 7.42. The first-order valence-electron chi connectivity index (χ1n) is 10.4. The fraction of sp³-hybridized carbons (Fsp3) is 0. The molecule has 7 heteroatoms. The molecule has 0 atom stereocenters. The first-order valence-corrected chi connectivity index (χ1v) is 10.4. The number of rotatable bonds is 2. The molecule has 0 fully saturated rings. The predicted molar refractivity (Wildman–Crippen MR) is 129 cm³/mol. The van der Waals surface area contributed by atoms with E-state index in [0.717, 1.165) is 33.3 Å². The van der Waals surface area contributed by atoms with E-state index in [1.54, 1.807) is 6.07 Å². The number of nitrogens with zero attached hydrogens (tertiary/aromatic N) is 3. The molecule has 0 spiro atoms. The van der Waals surface area contributed by atoms with Gasteiger partial charge >= 0.3 is 5.70 Å². The van der Waals surface area contributed by atoms with Gasteiger partial charge in [0, 0.05) is 22.1 Å². The van der Waals surface area contributed by atoms with Gasteiger partial charge in [-0.1, -0.05) is 30.3 Å². The SMILES string of the molecule is O=[N+]([O-])C1=C(c2ccccc2)c2cc3ccc(cc4ccc(cc5nc(cc1n2)C=C5)[nH]4)[nH]3. The van der Waals surface area contributed by atoms with Gasteiger partial charge in [-0.05, 0) is 66.2 Å². The van der Waals surface area contributed by atoms with E-state index < -0.39 is 0 Å². The number of hydrogen-bond acceptors (Lipinski definition) is 4. The van der Waals surface area contributed by atoms with E-state index >= 15 is 0 Å². The minimum absolute atomic E-state index is 0.0303. The fourth-order valence-electron chi connectivity index (χ4n) is 4.13. The number of hydrogen-bond donors (Lipinski definition) is 2. The number of nitrogens with one attached hydrogen (secondary N) is 2. The highest BCUT2D eigenvalue weighted by Crippen LogP contribution is 2.35. The third-order valence-electron chi connectivity index (χ3n) is 5.56. The second-order valence-corrected chi connectivity index (χ2v) is 7.84. The van der Waals surface area contributed by atoms with Crippen LogP contribution in [0.5, 0.6) is 0 Å². The van der Waals surface area contributed by atoms with E-state index in [2.05, 4.69) is 19.9 Å². The van der Waals surface area contributed by atoms with E-state index in [1.807, 2.05) is 84.9 Å². The summed E-state index contributed by atoms with van der Waals surface area (Å²) in [5.74, 6) is 0. The lowest BCUT2D eigenvalue weighted by molar-refractivity contribution is -0.374. The average molecular weight is 431 g/mol. The van der Waals surface area contributed by atoms with Crippen molar-refractivity contribution in [3.05, 3.63) is 117 Å². The highest BCUT2D eigenvalue weighted by atomic mass is 16.6. The number of H-pyrrole nitrogens is 2. The molecule has 0 amide bonds. The van der Waals surface area contributed by atoms with Crippen molar-refractivity contribution in [2.24, 2.45) is 0 Å². The van der Waals surface area contributed by atoms with Gasteiger partial charge in [-0.25, -0.2) is 9.97 Å². The van der Waals surface area contributed by atoms with Crippen LogP contribution in [0.1, 0.15) is 28.3 Å². The van der Waals surface area contributed by atoms with Crippen LogP contribution in [0, 0.1) is 10.1 Å². The largest absolute Gasteiger partial charge is 0.355 e. The summed E-state index contributed by atoms with van der Waals surface area (Å²) < 4.78 is 0. The molecule has 7 nitrogen and oxygen atoms in total. The van der Waals surface area contributed by atoms with Gasteiger partial charge in [-0.15, -0.1) is 0 Å². The van der Waals surface area contributed by atoms with Gasteiger partial charge in [0.05, 0.1) is 27.6 Å². The molecule has 33 heavy (non-hydrogen) atoms. The normalized spacial score (nSPS) is 12.8. The van der Waals surface area contributed by atoms with Crippen LogP contribution in [0.2, 0.25) is 0 Å². The monoisotopic (exact) mass is 431 g/mol. The highest BCUT2D eigenvalue weighted by molar-refractivity contribution is 5.97. The maximum absolute atomic E-state index is 12.2. The van der Waals surface area contributed by atoms with Crippen LogP contribution in [0.3, 0.4) is 0 Å². The Morgan fingerprint density at radius 2 is 1.27 bits per heavy atom. The summed E-state index contributed by atoms with van der Waals surface area (Å²) in [6.45, 7) is 0. The van der Waals surface area contributed by atoms with Crippen molar-refractivity contribution in [1.82, 2.24) is 19.9 Å². The fourth-order valence-corrected chi connectivity index (χ4v) is 4.13. The molecule has 8 bridgehead atoms. The molecule has 4 aromatic rings. The maximum Gasteiger partial charge on any atom is 0.304 e. The highest BCUT2D eigenvalue weighted by Gasteiger charge is 2.31. The Morgan fingerprint density at radius 1 is 0.667 bits per heavy atom. The average Bonchev–Trinajstić information content (AvgIpc) is 3.58. The standard InChI is InChI=1S/C26H17N5O2/c32-31(33)26-24-15-22-11-9-20(29-22)13-18-7-6-17(27-18)12-19-8-10-21(28-19)14-23(30-24)25(26)16-4-2-1-3-5-16/h1-15,27-28H. The zero-order valence-corrected chi connectivity index (χ0v) is 17.3. The Hall–Kier alpha value is -4.78. The van der Waals surface area contributed by atoms with Crippen LogP contribution >= 0.6 is 0 Å². The van der Waals surface area contributed by atoms with E-state index in [9.17, 15) is 10.1 Å². The summed E-state index contributed by atoms with van der Waals surface area (Å²) in [6.07, 6.45) is 3.71. The summed E-state index contributed by atoms with van der Waals surface area (Å²) in [4.78, 5) is 27.8. The molecule has 2 aliphatic heterocycles. The Labute approximate surface area is 188 Å². The van der Waals surface area contributed by atoms with Crippen molar-refractivity contribution >= 4 is 45.5 Å². The smallest absolute Gasteiger partial charge is 0.304 e. The number of fused-ring (bicyclic) bond motifs is 8. The van der Waals surface area contributed by atoms with Crippen molar-refractivity contribution in [2.45, 2.75) is 0 Å². The molecule has 1 aromatic carbocycles. The third kappa shape index (κ3) is 3.51. The van der Waals surface area contributed by atoms with Gasteiger partial charge in [-0.3, -0.25) is 10.1 Å². The zero-order chi connectivity index (χ0) is 22.4. The molecule has 158 valence electrons. The van der Waals surface area contributed by atoms with Gasteiger partial charge in [0.2, 0.25) is 0 Å². The molecule has 0 saturated heterocycles. The van der Waals surface area contributed by atoms with E-state index in [1.165, 1.54) is 0 Å². The Balaban J connectivity index is 1.72. The number of aromatic nitrogens is 4. The van der Waals surface area contributed by atoms with Crippen molar-refractivity contribution in [1.29, 1.82) is 0 Å². The zero-order valence-electron chi connectivity index (χ0n) is 17.3. The van der Waals surface area contributed by atoms with Crippen molar-refractivity contribution in [3.63, 3.8) is 0 Å². The summed E-state index contributed by atoms with van der Waals surface area (Å²) >= 11 is 0. The molecule has 0 saturated carbocycles. The summed E-state index contributed by atoms with van der Waals surface area (Å²) in [7, 11) is 0. The molecule has 0 radical (unpaired) electrons. The van der Waals surface area contributed by atoms with E-state index in [0.29, 0.717) is 17.0 Å². The van der Waals surface area contributed by atoms with Crippen LogP contribution in [-0.2, 0) is 0 Å². The first kappa shape index (κ1) is 18.9. The van der Waals surface area contributed by atoms with Crippen LogP contribution in [0.25, 0.3) is 45.5 Å². The summed E-state index contributed by atoms with van der Waals surface area (Å²) in [6, 6.07) is 24.7. The van der Waals surface area contributed by atoms with E-state index in [-0.39, 0.29) is 16.3 Å². The van der Waals surface area contributed by atoms with Crippen LogP contribution < -0.4 is 0 Å². The molecule has 0 aliphatic carbocycles. The van der Waals surface area contributed by atoms with Gasteiger partial charge in [0.15, 0.2) is 0 Å². The molecule has 3 aromatic heterocycles. The van der Waals surface area contributed by atoms with Crippen LogP contribution in [0.15, 0.2) is 78.9 Å². The second-order valence-electron chi connectivity index (χ2n) is 7.84. The Bertz CT molecular complexity index is 1640. The van der Waals surface area contributed by atoms with Gasteiger partial charge in [0.25, 0.3) is 0 Å². The molecular formula is C26H17N5O2. The lowest BCUT2D eigenvalue weighted by Crippen LogP contribution is -1.99. The van der Waals surface area contributed by atoms with Gasteiger partial charge in [-0.2, -0.15) is 0 Å². The van der Waals surface area contributed by atoms with Gasteiger partial charge in [0.1, 0.15) is 5.69 Å². The van der Waals surface area contributed by atoms with E-state index in [4.69, 9.17) is 0 Å². The minimum atomic E-state index is -0.364. The van der Waals surface area contributed by atoms with Crippen LogP contribution in [0.4, 0.5) is 0 Å². The van der Waals surface area contributed by atoms with Crippen LogP contribution in [-0.4, -0.2) is 24.9 Å². The molecular weight excluding hydrogens is 414 g/mol. The summed E-state index contributed by atoms with van der Waals surface area (Å²) in [5.41, 5.74) is 6.96. The number of benzene rings is 1. The molecule has 2 aliphatic rings. The maximum atomic E-state index is 12.2. The topological polar surface area (TPSA) is 100 Å². The number of aromatic amines is 2. The summed E-state index contributed by atoms with van der Waals surface area (Å²) in [5, 5.41) is 12.2. The van der Waals surface area contributed by atoms with Crippen molar-refractivity contribution in [2.75, 3.05) is 0 Å². The third-order valence-corrected chi connectivity index (χ3v) is 5.56. The van der Waals surface area contributed by atoms with Crippen molar-refractivity contribution in [3.8, 4) is 0 Å². The number of nitro groups is 1. The van der Waals surface area contributed by atoms with Gasteiger partial charge < -0.3 is 9.97 Å². The van der Waals surface area contributed by atoms with Crippen molar-refractivity contribution < 1.29 is 4.92 Å². The molecule has 6 rings (SSSR count). The lowest BCUT2D eigenvalue weighted by atomic mass is 10.0.